The molecule has 4 heterocycles. The van der Waals surface area contributed by atoms with Gasteiger partial charge in [-0.05, 0) is 92.1 Å². The topological polar surface area (TPSA) is 166 Å². The van der Waals surface area contributed by atoms with Crippen molar-refractivity contribution in [3.8, 4) is 0 Å². The van der Waals surface area contributed by atoms with Gasteiger partial charge in [-0.2, -0.15) is 0 Å². The summed E-state index contributed by atoms with van der Waals surface area (Å²) in [6, 6.07) is 8.74. The molecule has 0 saturated carbocycles. The summed E-state index contributed by atoms with van der Waals surface area (Å²) in [6.07, 6.45) is -1.39. The number of ketones is 2. The third kappa shape index (κ3) is 8.65. The average molecular weight is 783 g/mol. The smallest absolute Gasteiger partial charge is 0.425 e. The summed E-state index contributed by atoms with van der Waals surface area (Å²) in [6.45, 7) is 14.0. The summed E-state index contributed by atoms with van der Waals surface area (Å²) in [5.41, 5.74) is 2.53. The Morgan fingerprint density at radius 1 is 1.00 bits per heavy atom. The van der Waals surface area contributed by atoms with Crippen LogP contribution in [-0.2, 0) is 44.5 Å². The number of cyclic esters (lactones) is 1. The van der Waals surface area contributed by atoms with Gasteiger partial charge in [-0.1, -0.05) is 39.0 Å². The number of methoxy groups -OCH3 is 1. The standard InChI is InChI=1S/C42H62N4O10/c1-23-22-41(7,52-11)37(55-39-35(49)32(45(9)10)21-24(2)53-39)26(4)34(48)27(5)38(50)54-28(6)42(8)36(25(3)33(23)47)46(40(51)56-42)44-19-14-15-29-18-20-43-31-17-13-12-16-30(29)31/h12-13,16-18,20,23-28,32,35-37,39,44,49H,14-15,19,21-22H2,1-11H3/t23-,24-,25-,26+,27-,28+,32+,35-,36?,37-,39?,41+,42-/m1/s1. The molecule has 13 atom stereocenters. The number of para-hydroxylation sites is 1. The molecule has 0 radical (unpaired) electrons. The van der Waals surface area contributed by atoms with E-state index in [-0.39, 0.29) is 24.3 Å². The lowest BCUT2D eigenvalue weighted by molar-refractivity contribution is -0.295. The van der Waals surface area contributed by atoms with Crippen LogP contribution < -0.4 is 5.43 Å². The van der Waals surface area contributed by atoms with Crippen LogP contribution in [0.15, 0.2) is 36.5 Å². The van der Waals surface area contributed by atoms with Crippen LogP contribution in [0.25, 0.3) is 10.9 Å². The Morgan fingerprint density at radius 2 is 1.70 bits per heavy atom. The highest BCUT2D eigenvalue weighted by atomic mass is 16.7. The highest BCUT2D eigenvalue weighted by Gasteiger charge is 2.60. The number of esters is 1. The van der Waals surface area contributed by atoms with Crippen molar-refractivity contribution in [1.82, 2.24) is 20.3 Å². The number of hydrogen-bond donors (Lipinski definition) is 2. The highest BCUT2D eigenvalue weighted by molar-refractivity contribution is 6.00. The number of aromatic nitrogens is 1. The molecule has 3 saturated heterocycles. The van der Waals surface area contributed by atoms with Crippen LogP contribution >= 0.6 is 0 Å². The number of nitrogens with one attached hydrogen (secondary N) is 1. The quantitative estimate of drug-likeness (QED) is 0.208. The fourth-order valence-corrected chi connectivity index (χ4v) is 9.00. The molecular formula is C42H62N4O10. The number of aliphatic hydroxyl groups excluding tert-OH is 1. The van der Waals surface area contributed by atoms with Crippen molar-refractivity contribution in [3.63, 3.8) is 0 Å². The molecule has 5 rings (SSSR count). The number of carbonyl (C=O) groups is 4. The predicted molar refractivity (Wildman–Crippen MR) is 208 cm³/mol. The number of hydrazine groups is 1. The molecule has 2 unspecified atom stereocenters. The second-order valence-electron chi connectivity index (χ2n) is 16.8. The number of pyridine rings is 1. The molecule has 1 aromatic carbocycles. The molecule has 1 amide bonds. The van der Waals surface area contributed by atoms with E-state index in [0.29, 0.717) is 25.8 Å². The minimum Gasteiger partial charge on any atom is -0.458 e. The number of aliphatic hydroxyl groups is 1. The molecule has 3 aliphatic heterocycles. The third-order valence-corrected chi connectivity index (χ3v) is 12.5. The van der Waals surface area contributed by atoms with Gasteiger partial charge in [0.1, 0.15) is 30.0 Å². The zero-order valence-electron chi connectivity index (χ0n) is 34.8. The monoisotopic (exact) mass is 782 g/mol. The number of carbonyl (C=O) groups excluding carboxylic acids is 4. The van der Waals surface area contributed by atoms with Crippen LogP contribution in [-0.4, -0.2) is 125 Å². The van der Waals surface area contributed by atoms with Gasteiger partial charge in [0.05, 0.1) is 23.3 Å². The Morgan fingerprint density at radius 3 is 2.38 bits per heavy atom. The van der Waals surface area contributed by atoms with Gasteiger partial charge in [-0.3, -0.25) is 19.4 Å². The Balaban J connectivity index is 1.44. The van der Waals surface area contributed by atoms with E-state index >= 15 is 0 Å². The van der Waals surface area contributed by atoms with Crippen molar-refractivity contribution >= 4 is 34.5 Å². The lowest BCUT2D eigenvalue weighted by Gasteiger charge is -2.47. The Hall–Kier alpha value is -3.53. The van der Waals surface area contributed by atoms with Crippen LogP contribution in [0.1, 0.15) is 80.2 Å². The molecule has 3 aliphatic rings. The summed E-state index contributed by atoms with van der Waals surface area (Å²) in [7, 11) is 5.22. The van der Waals surface area contributed by atoms with Gasteiger partial charge in [-0.25, -0.2) is 15.2 Å². The number of rotatable bonds is 9. The molecule has 2 aromatic rings. The zero-order chi connectivity index (χ0) is 41.3. The number of benzene rings is 1. The summed E-state index contributed by atoms with van der Waals surface area (Å²) >= 11 is 0. The van der Waals surface area contributed by atoms with Crippen molar-refractivity contribution < 1.29 is 48.0 Å². The van der Waals surface area contributed by atoms with E-state index in [9.17, 15) is 24.3 Å². The first-order chi connectivity index (χ1) is 26.3. The lowest BCUT2D eigenvalue weighted by Crippen LogP contribution is -2.61. The summed E-state index contributed by atoms with van der Waals surface area (Å²) in [5, 5.41) is 13.8. The Kier molecular flexibility index (Phi) is 13.6. The summed E-state index contributed by atoms with van der Waals surface area (Å²) < 4.78 is 30.8. The number of likely N-dealkylation sites (N-methyl/N-ethyl adjacent to an activating group) is 1. The van der Waals surface area contributed by atoms with Crippen LogP contribution in [0.2, 0.25) is 0 Å². The first-order valence-electron chi connectivity index (χ1n) is 19.9. The maximum atomic E-state index is 14.6. The second kappa shape index (κ2) is 17.5. The van der Waals surface area contributed by atoms with Crippen LogP contribution in [0.3, 0.4) is 0 Å². The first-order valence-corrected chi connectivity index (χ1v) is 19.9. The number of Topliss-reactive ketones (excluding diaryl/α,β-unsaturated/α-hetero) is 2. The van der Waals surface area contributed by atoms with Gasteiger partial charge in [0.15, 0.2) is 17.7 Å². The van der Waals surface area contributed by atoms with E-state index in [4.69, 9.17) is 23.7 Å². The molecule has 3 fully saturated rings. The van der Waals surface area contributed by atoms with E-state index in [1.165, 1.54) is 19.0 Å². The van der Waals surface area contributed by atoms with Gasteiger partial charge in [-0.15, -0.1) is 0 Å². The van der Waals surface area contributed by atoms with Crippen molar-refractivity contribution in [1.29, 1.82) is 0 Å². The Bertz CT molecular complexity index is 1740. The number of nitrogens with zero attached hydrogens (tertiary/aromatic N) is 3. The second-order valence-corrected chi connectivity index (χ2v) is 16.8. The van der Waals surface area contributed by atoms with E-state index < -0.39 is 83.4 Å². The maximum Gasteiger partial charge on any atom is 0.425 e. The van der Waals surface area contributed by atoms with E-state index in [1.807, 2.05) is 56.3 Å². The van der Waals surface area contributed by atoms with Crippen LogP contribution in [0, 0.1) is 23.7 Å². The average Bonchev–Trinajstić information content (AvgIpc) is 3.43. The molecular weight excluding hydrogens is 720 g/mol. The summed E-state index contributed by atoms with van der Waals surface area (Å²) in [5.74, 6) is -5.11. The number of fused-ring (bicyclic) bond motifs is 2. The zero-order valence-corrected chi connectivity index (χ0v) is 34.8. The van der Waals surface area contributed by atoms with E-state index in [2.05, 4.69) is 10.4 Å². The van der Waals surface area contributed by atoms with Gasteiger partial charge in [0.25, 0.3) is 0 Å². The molecule has 56 heavy (non-hydrogen) atoms. The van der Waals surface area contributed by atoms with Gasteiger partial charge < -0.3 is 33.7 Å². The first kappa shape index (κ1) is 43.6. The minimum atomic E-state index is -1.46. The van der Waals surface area contributed by atoms with Crippen molar-refractivity contribution in [3.05, 3.63) is 42.1 Å². The predicted octanol–water partition coefficient (Wildman–Crippen LogP) is 4.49. The number of hydrogen-bond acceptors (Lipinski definition) is 13. The van der Waals surface area contributed by atoms with Crippen molar-refractivity contribution in [2.45, 2.75) is 135 Å². The highest BCUT2D eigenvalue weighted by Crippen LogP contribution is 2.42. The number of amides is 1. The normalized spacial score (nSPS) is 37.7. The molecule has 310 valence electrons. The van der Waals surface area contributed by atoms with Gasteiger partial charge in [0.2, 0.25) is 0 Å². The van der Waals surface area contributed by atoms with Crippen molar-refractivity contribution in [2.24, 2.45) is 23.7 Å². The molecule has 0 bridgehead atoms. The van der Waals surface area contributed by atoms with E-state index in [1.54, 1.807) is 47.7 Å². The SMILES string of the molecule is CO[C@@]1(C)C[C@@H](C)C(=O)[C@@H](C)C2N(NCCCc3ccnc4ccccc34)C(=O)O[C@]2(C)[C@H](C)OC(=O)[C@H](C)C(=O)[C@H](C)[C@H]1OC1O[C@H](C)C[C@H](N(C)C)[C@H]1O. The molecule has 14 heteroatoms. The molecule has 2 N–H and O–H groups in total. The molecule has 0 aliphatic carbocycles. The van der Waals surface area contributed by atoms with E-state index in [0.717, 1.165) is 16.5 Å². The largest absolute Gasteiger partial charge is 0.458 e. The number of ether oxygens (including phenoxy) is 5. The Labute approximate surface area is 330 Å². The molecule has 0 spiro atoms. The minimum absolute atomic E-state index is 0.115. The number of aryl methyl sites for hydroxylation is 1. The van der Waals surface area contributed by atoms with Gasteiger partial charge in [0, 0.05) is 49.0 Å². The maximum absolute atomic E-state index is 14.6. The van der Waals surface area contributed by atoms with Gasteiger partial charge >= 0.3 is 12.1 Å². The lowest BCUT2D eigenvalue weighted by atomic mass is 9.74. The molecule has 1 aromatic heterocycles. The third-order valence-electron chi connectivity index (χ3n) is 12.5. The fourth-order valence-electron chi connectivity index (χ4n) is 9.00. The van der Waals surface area contributed by atoms with Crippen LogP contribution in [0.4, 0.5) is 4.79 Å². The molecule has 14 nitrogen and oxygen atoms in total. The fraction of sp³-hybridized carbons (Fsp3) is 0.690. The van der Waals surface area contributed by atoms with Crippen molar-refractivity contribution in [2.75, 3.05) is 27.7 Å². The van der Waals surface area contributed by atoms with Crippen LogP contribution in [0.5, 0.6) is 0 Å². The summed E-state index contributed by atoms with van der Waals surface area (Å²) in [4.78, 5) is 62.7.